The lowest BCUT2D eigenvalue weighted by atomic mass is 10.1. The van der Waals surface area contributed by atoms with E-state index >= 15 is 0 Å². The van der Waals surface area contributed by atoms with Gasteiger partial charge in [-0.1, -0.05) is 12.1 Å². The zero-order valence-electron chi connectivity index (χ0n) is 13.5. The molecule has 2 aromatic rings. The number of amides is 1. The monoisotopic (exact) mass is 345 g/mol. The second-order valence-electron chi connectivity index (χ2n) is 5.27. The van der Waals surface area contributed by atoms with Crippen LogP contribution in [-0.2, 0) is 4.79 Å². The van der Waals surface area contributed by atoms with Gasteiger partial charge in [-0.2, -0.15) is 0 Å². The van der Waals surface area contributed by atoms with E-state index in [2.05, 4.69) is 5.32 Å². The molecule has 7 heteroatoms. The molecule has 2 aromatic carbocycles. The highest BCUT2D eigenvalue weighted by molar-refractivity contribution is 5.91. The maximum atomic E-state index is 11.8. The predicted octanol–water partition coefficient (Wildman–Crippen LogP) is 1.67. The molecule has 2 rings (SSSR count). The molecule has 0 saturated heterocycles. The van der Waals surface area contributed by atoms with Gasteiger partial charge in [0.25, 0.3) is 0 Å². The smallest absolute Gasteiger partial charge is 0.244 e. The first-order valence-electron chi connectivity index (χ1n) is 7.43. The lowest BCUT2D eigenvalue weighted by Gasteiger charge is -2.12. The van der Waals surface area contributed by atoms with E-state index in [4.69, 9.17) is 4.74 Å². The maximum absolute atomic E-state index is 11.8. The van der Waals surface area contributed by atoms with Crippen LogP contribution in [-0.4, -0.2) is 40.0 Å². The molecule has 132 valence electrons. The summed E-state index contributed by atoms with van der Waals surface area (Å²) in [7, 11) is 1.43. The number of ether oxygens (including phenoxy) is 1. The Labute approximate surface area is 144 Å². The molecule has 0 aliphatic heterocycles. The molecule has 0 aliphatic rings. The van der Waals surface area contributed by atoms with Crippen LogP contribution in [0.15, 0.2) is 42.5 Å². The molecule has 1 unspecified atom stereocenters. The van der Waals surface area contributed by atoms with Crippen molar-refractivity contribution in [2.75, 3.05) is 13.7 Å². The van der Waals surface area contributed by atoms with Crippen LogP contribution in [0.5, 0.6) is 23.0 Å². The van der Waals surface area contributed by atoms with Gasteiger partial charge >= 0.3 is 0 Å². The Kier molecular flexibility index (Phi) is 5.86. The Morgan fingerprint density at radius 2 is 1.84 bits per heavy atom. The number of benzene rings is 2. The topological polar surface area (TPSA) is 119 Å². The van der Waals surface area contributed by atoms with Crippen LogP contribution < -0.4 is 10.1 Å². The number of carbonyl (C=O) groups excluding carboxylic acids is 1. The van der Waals surface area contributed by atoms with Gasteiger partial charge in [0.05, 0.1) is 13.2 Å². The minimum Gasteiger partial charge on any atom is -0.504 e. The standard InChI is InChI=1S/C18H19NO6/c1-25-17-8-11(2-5-14(17)21)3-7-18(24)19-10-16(23)12-4-6-13(20)15(22)9-12/h2-9,16,20-23H,10H2,1H3,(H,19,24). The number of hydrogen-bond acceptors (Lipinski definition) is 6. The normalized spacial score (nSPS) is 12.1. The summed E-state index contributed by atoms with van der Waals surface area (Å²) in [6.07, 6.45) is 1.79. The number of nitrogens with one attached hydrogen (secondary N) is 1. The van der Waals surface area contributed by atoms with Crippen LogP contribution in [0.25, 0.3) is 6.08 Å². The number of aliphatic hydroxyl groups is 1. The number of aromatic hydroxyl groups is 3. The average molecular weight is 345 g/mol. The van der Waals surface area contributed by atoms with Crippen LogP contribution >= 0.6 is 0 Å². The van der Waals surface area contributed by atoms with Crippen LogP contribution in [0.2, 0.25) is 0 Å². The van der Waals surface area contributed by atoms with Crippen molar-refractivity contribution in [1.29, 1.82) is 0 Å². The molecule has 25 heavy (non-hydrogen) atoms. The lowest BCUT2D eigenvalue weighted by Crippen LogP contribution is -2.26. The quantitative estimate of drug-likeness (QED) is 0.401. The molecule has 1 atom stereocenters. The summed E-state index contributed by atoms with van der Waals surface area (Å²) >= 11 is 0. The minimum absolute atomic E-state index is 0.00405. The number of aliphatic hydroxyl groups excluding tert-OH is 1. The van der Waals surface area contributed by atoms with Crippen molar-refractivity contribution in [2.24, 2.45) is 0 Å². The van der Waals surface area contributed by atoms with Gasteiger partial charge in [-0.15, -0.1) is 0 Å². The van der Waals surface area contributed by atoms with E-state index in [1.165, 1.54) is 43.5 Å². The molecule has 1 amide bonds. The largest absolute Gasteiger partial charge is 0.504 e. The Bertz CT molecular complexity index is 787. The first-order valence-corrected chi connectivity index (χ1v) is 7.43. The van der Waals surface area contributed by atoms with E-state index in [0.717, 1.165) is 0 Å². The summed E-state index contributed by atoms with van der Waals surface area (Å²) in [5, 5.41) is 40.7. The molecule has 7 nitrogen and oxygen atoms in total. The fourth-order valence-electron chi connectivity index (χ4n) is 2.09. The summed E-state index contributed by atoms with van der Waals surface area (Å²) in [5.74, 6) is -0.750. The Balaban J connectivity index is 1.92. The second-order valence-corrected chi connectivity index (χ2v) is 5.27. The highest BCUT2D eigenvalue weighted by Gasteiger charge is 2.11. The summed E-state index contributed by atoms with van der Waals surface area (Å²) in [6.45, 7) is -0.0632. The zero-order chi connectivity index (χ0) is 18.4. The number of rotatable bonds is 6. The second kappa shape index (κ2) is 8.07. The van der Waals surface area contributed by atoms with Gasteiger partial charge in [-0.05, 0) is 41.5 Å². The highest BCUT2D eigenvalue weighted by atomic mass is 16.5. The van der Waals surface area contributed by atoms with E-state index in [1.807, 2.05) is 0 Å². The van der Waals surface area contributed by atoms with E-state index in [0.29, 0.717) is 16.9 Å². The molecular formula is C18H19NO6. The Hall–Kier alpha value is -3.19. The van der Waals surface area contributed by atoms with Crippen molar-refractivity contribution in [3.63, 3.8) is 0 Å². The zero-order valence-corrected chi connectivity index (χ0v) is 13.5. The first-order chi connectivity index (χ1) is 11.9. The van der Waals surface area contributed by atoms with Gasteiger partial charge in [-0.3, -0.25) is 4.79 Å². The number of methoxy groups -OCH3 is 1. The van der Waals surface area contributed by atoms with Gasteiger partial charge in [0.15, 0.2) is 23.0 Å². The number of phenols is 3. The third-order valence-corrected chi connectivity index (χ3v) is 3.48. The van der Waals surface area contributed by atoms with Crippen LogP contribution in [0.3, 0.4) is 0 Å². The molecule has 5 N–H and O–H groups in total. The van der Waals surface area contributed by atoms with Crippen molar-refractivity contribution >= 4 is 12.0 Å². The van der Waals surface area contributed by atoms with Crippen LogP contribution in [0.1, 0.15) is 17.2 Å². The molecule has 0 aromatic heterocycles. The number of hydrogen-bond donors (Lipinski definition) is 5. The Morgan fingerprint density at radius 3 is 2.52 bits per heavy atom. The Morgan fingerprint density at radius 1 is 1.12 bits per heavy atom. The molecular weight excluding hydrogens is 326 g/mol. The van der Waals surface area contributed by atoms with Crippen molar-refractivity contribution < 1.29 is 30.0 Å². The van der Waals surface area contributed by atoms with Crippen molar-refractivity contribution in [3.05, 3.63) is 53.6 Å². The number of phenolic OH excluding ortho intramolecular Hbond substituents is 3. The van der Waals surface area contributed by atoms with E-state index < -0.39 is 12.0 Å². The van der Waals surface area contributed by atoms with E-state index in [-0.39, 0.29) is 23.8 Å². The van der Waals surface area contributed by atoms with E-state index in [9.17, 15) is 25.2 Å². The fourth-order valence-corrected chi connectivity index (χ4v) is 2.09. The minimum atomic E-state index is -1.03. The van der Waals surface area contributed by atoms with Gasteiger partial charge in [0, 0.05) is 12.6 Å². The molecule has 0 aliphatic carbocycles. The van der Waals surface area contributed by atoms with Crippen molar-refractivity contribution in [3.8, 4) is 23.0 Å². The van der Waals surface area contributed by atoms with Crippen LogP contribution in [0, 0.1) is 0 Å². The third-order valence-electron chi connectivity index (χ3n) is 3.48. The lowest BCUT2D eigenvalue weighted by molar-refractivity contribution is -0.116. The summed E-state index contributed by atoms with van der Waals surface area (Å²) in [4.78, 5) is 11.8. The average Bonchev–Trinajstić information content (AvgIpc) is 2.61. The van der Waals surface area contributed by atoms with Crippen LogP contribution in [0.4, 0.5) is 0 Å². The maximum Gasteiger partial charge on any atom is 0.244 e. The predicted molar refractivity (Wildman–Crippen MR) is 91.4 cm³/mol. The highest BCUT2D eigenvalue weighted by Crippen LogP contribution is 2.28. The van der Waals surface area contributed by atoms with Gasteiger partial charge in [0.2, 0.25) is 5.91 Å². The van der Waals surface area contributed by atoms with Gasteiger partial charge in [-0.25, -0.2) is 0 Å². The third kappa shape index (κ3) is 4.89. The van der Waals surface area contributed by atoms with Crippen molar-refractivity contribution in [1.82, 2.24) is 5.32 Å². The van der Waals surface area contributed by atoms with Gasteiger partial charge in [0.1, 0.15) is 0 Å². The van der Waals surface area contributed by atoms with Gasteiger partial charge < -0.3 is 30.5 Å². The fraction of sp³-hybridized carbons (Fsp3) is 0.167. The molecule has 0 fully saturated rings. The molecule has 0 radical (unpaired) electrons. The van der Waals surface area contributed by atoms with Crippen molar-refractivity contribution in [2.45, 2.75) is 6.10 Å². The van der Waals surface area contributed by atoms with E-state index in [1.54, 1.807) is 12.1 Å². The molecule has 0 spiro atoms. The molecule has 0 saturated carbocycles. The summed E-state index contributed by atoms with van der Waals surface area (Å²) < 4.78 is 4.98. The SMILES string of the molecule is COc1cc(C=CC(=O)NCC(O)c2ccc(O)c(O)c2)ccc1O. The molecule has 0 bridgehead atoms. The number of carbonyl (C=O) groups is 1. The molecule has 0 heterocycles. The summed E-state index contributed by atoms with van der Waals surface area (Å²) in [5.41, 5.74) is 1.02. The first kappa shape index (κ1) is 18.2. The summed E-state index contributed by atoms with van der Waals surface area (Å²) in [6, 6.07) is 8.59.